The van der Waals surface area contributed by atoms with Gasteiger partial charge in [0.2, 0.25) is 0 Å². The van der Waals surface area contributed by atoms with Gasteiger partial charge in [0.25, 0.3) is 0 Å². The van der Waals surface area contributed by atoms with Crippen molar-refractivity contribution in [2.75, 3.05) is 18.8 Å². The Morgan fingerprint density at radius 3 is 3.00 bits per heavy atom. The van der Waals surface area contributed by atoms with Crippen LogP contribution in [-0.2, 0) is 0 Å². The normalized spacial score (nSPS) is 10.5. The Bertz CT molecular complexity index is 242. The van der Waals surface area contributed by atoms with Crippen molar-refractivity contribution in [3.63, 3.8) is 0 Å². The Kier molecular flexibility index (Phi) is 7.78. The molecule has 0 aliphatic heterocycles. The second-order valence-corrected chi connectivity index (χ2v) is 5.61. The fraction of sp³-hybridized carbons (Fsp3) is 0.545. The zero-order valence-corrected chi connectivity index (χ0v) is 10.7. The highest BCUT2D eigenvalue weighted by molar-refractivity contribution is 8.76. The van der Waals surface area contributed by atoms with E-state index in [-0.39, 0.29) is 0 Å². The van der Waals surface area contributed by atoms with Crippen LogP contribution in [0, 0.1) is 0 Å². The zero-order valence-electron chi connectivity index (χ0n) is 9.11. The molecule has 1 aromatic rings. The van der Waals surface area contributed by atoms with Crippen LogP contribution in [0.25, 0.3) is 0 Å². The minimum absolute atomic E-state index is 1.10. The molecule has 84 valence electrons. The lowest BCUT2D eigenvalue weighted by Gasteiger charge is -2.02. The summed E-state index contributed by atoms with van der Waals surface area (Å²) >= 11 is 0. The van der Waals surface area contributed by atoms with Gasteiger partial charge >= 0.3 is 0 Å². The van der Waals surface area contributed by atoms with Crippen LogP contribution in [0.5, 0.6) is 0 Å². The van der Waals surface area contributed by atoms with Gasteiger partial charge in [-0.25, -0.2) is 4.98 Å². The van der Waals surface area contributed by atoms with Crippen molar-refractivity contribution in [2.24, 2.45) is 0 Å². The van der Waals surface area contributed by atoms with Crippen LogP contribution >= 0.6 is 21.6 Å². The third-order valence-electron chi connectivity index (χ3n) is 1.79. The SMILES string of the molecule is CCCNCCCSSc1ccccn1. The van der Waals surface area contributed by atoms with E-state index in [0.717, 1.165) is 18.1 Å². The lowest BCUT2D eigenvalue weighted by Crippen LogP contribution is -2.16. The Morgan fingerprint density at radius 1 is 1.33 bits per heavy atom. The highest BCUT2D eigenvalue weighted by atomic mass is 33.1. The van der Waals surface area contributed by atoms with Crippen molar-refractivity contribution in [2.45, 2.75) is 24.8 Å². The third kappa shape index (κ3) is 6.82. The standard InChI is InChI=1S/C11H18N2S2/c1-2-7-12-8-5-10-14-15-11-6-3-4-9-13-11/h3-4,6,9,12H,2,5,7-8,10H2,1H3. The van der Waals surface area contributed by atoms with Gasteiger partial charge in [-0.3, -0.25) is 0 Å². The molecule has 15 heavy (non-hydrogen) atoms. The van der Waals surface area contributed by atoms with E-state index in [1.165, 1.54) is 18.6 Å². The van der Waals surface area contributed by atoms with Gasteiger partial charge in [-0.05, 0) is 48.9 Å². The lowest BCUT2D eigenvalue weighted by molar-refractivity contribution is 0.665. The second-order valence-electron chi connectivity index (χ2n) is 3.18. The van der Waals surface area contributed by atoms with Crippen LogP contribution in [0.2, 0.25) is 0 Å². The van der Waals surface area contributed by atoms with Crippen molar-refractivity contribution in [1.82, 2.24) is 10.3 Å². The summed E-state index contributed by atoms with van der Waals surface area (Å²) in [5, 5.41) is 4.50. The topological polar surface area (TPSA) is 24.9 Å². The summed E-state index contributed by atoms with van der Waals surface area (Å²) in [6.07, 6.45) is 4.28. The molecule has 0 radical (unpaired) electrons. The van der Waals surface area contributed by atoms with Crippen LogP contribution in [0.1, 0.15) is 19.8 Å². The molecule has 0 fully saturated rings. The Hall–Kier alpha value is -0.190. The summed E-state index contributed by atoms with van der Waals surface area (Å²) in [6, 6.07) is 6.02. The summed E-state index contributed by atoms with van der Waals surface area (Å²) in [7, 11) is 3.64. The highest BCUT2D eigenvalue weighted by Crippen LogP contribution is 2.28. The van der Waals surface area contributed by atoms with E-state index in [4.69, 9.17) is 0 Å². The van der Waals surface area contributed by atoms with Gasteiger partial charge in [0, 0.05) is 11.9 Å². The lowest BCUT2D eigenvalue weighted by atomic mass is 10.4. The van der Waals surface area contributed by atoms with Crippen molar-refractivity contribution in [3.05, 3.63) is 24.4 Å². The fourth-order valence-corrected chi connectivity index (χ4v) is 3.02. The number of hydrogen-bond acceptors (Lipinski definition) is 4. The van der Waals surface area contributed by atoms with E-state index in [0.29, 0.717) is 0 Å². The largest absolute Gasteiger partial charge is 0.317 e. The number of rotatable bonds is 8. The van der Waals surface area contributed by atoms with Crippen molar-refractivity contribution in [3.8, 4) is 0 Å². The van der Waals surface area contributed by atoms with E-state index in [1.807, 2.05) is 35.2 Å². The van der Waals surface area contributed by atoms with Gasteiger partial charge in [-0.1, -0.05) is 23.8 Å². The molecule has 0 aromatic carbocycles. The van der Waals surface area contributed by atoms with Gasteiger partial charge in [-0.2, -0.15) is 0 Å². The van der Waals surface area contributed by atoms with E-state index in [1.54, 1.807) is 10.8 Å². The second kappa shape index (κ2) is 9.07. The van der Waals surface area contributed by atoms with Crippen LogP contribution in [-0.4, -0.2) is 23.8 Å². The summed E-state index contributed by atoms with van der Waals surface area (Å²) in [5.41, 5.74) is 0. The van der Waals surface area contributed by atoms with E-state index < -0.39 is 0 Å². The molecular weight excluding hydrogens is 224 g/mol. The molecule has 0 saturated carbocycles. The number of pyridine rings is 1. The molecule has 0 amide bonds. The molecule has 1 N–H and O–H groups in total. The molecule has 0 unspecified atom stereocenters. The van der Waals surface area contributed by atoms with Crippen molar-refractivity contribution < 1.29 is 0 Å². The molecule has 0 bridgehead atoms. The maximum absolute atomic E-state index is 4.25. The first-order chi connectivity index (χ1) is 7.43. The molecule has 1 rings (SSSR count). The zero-order chi connectivity index (χ0) is 10.8. The first kappa shape index (κ1) is 12.9. The molecule has 1 heterocycles. The molecule has 1 aromatic heterocycles. The Morgan fingerprint density at radius 2 is 2.27 bits per heavy atom. The van der Waals surface area contributed by atoms with Crippen molar-refractivity contribution >= 4 is 21.6 Å². The van der Waals surface area contributed by atoms with Crippen LogP contribution in [0.15, 0.2) is 29.4 Å². The van der Waals surface area contributed by atoms with Gasteiger partial charge in [0.05, 0.1) is 0 Å². The molecule has 0 spiro atoms. The fourth-order valence-electron chi connectivity index (χ4n) is 1.06. The Labute approximate surface area is 100 Å². The quantitative estimate of drug-likeness (QED) is 0.559. The van der Waals surface area contributed by atoms with Crippen LogP contribution in [0.4, 0.5) is 0 Å². The number of aromatic nitrogens is 1. The Balaban J connectivity index is 1.93. The first-order valence-electron chi connectivity index (χ1n) is 5.34. The minimum atomic E-state index is 1.10. The molecular formula is C11H18N2S2. The number of nitrogens with zero attached hydrogens (tertiary/aromatic N) is 1. The predicted molar refractivity (Wildman–Crippen MR) is 70.3 cm³/mol. The van der Waals surface area contributed by atoms with E-state index in [9.17, 15) is 0 Å². The maximum Gasteiger partial charge on any atom is 0.106 e. The summed E-state index contributed by atoms with van der Waals surface area (Å²) in [5.74, 6) is 1.18. The van der Waals surface area contributed by atoms with Crippen LogP contribution in [0.3, 0.4) is 0 Å². The average Bonchev–Trinajstić information content (AvgIpc) is 2.29. The van der Waals surface area contributed by atoms with Crippen molar-refractivity contribution in [1.29, 1.82) is 0 Å². The van der Waals surface area contributed by atoms with E-state index >= 15 is 0 Å². The molecule has 0 saturated heterocycles. The smallest absolute Gasteiger partial charge is 0.106 e. The first-order valence-corrected chi connectivity index (χ1v) is 7.66. The summed E-state index contributed by atoms with van der Waals surface area (Å²) in [6.45, 7) is 4.46. The highest BCUT2D eigenvalue weighted by Gasteiger charge is 1.94. The van der Waals surface area contributed by atoms with Gasteiger partial charge < -0.3 is 5.32 Å². The van der Waals surface area contributed by atoms with E-state index in [2.05, 4.69) is 17.2 Å². The number of nitrogens with one attached hydrogen (secondary N) is 1. The maximum atomic E-state index is 4.25. The van der Waals surface area contributed by atoms with Gasteiger partial charge in [0.15, 0.2) is 0 Å². The molecule has 0 aliphatic rings. The van der Waals surface area contributed by atoms with Gasteiger partial charge in [-0.15, -0.1) is 0 Å². The predicted octanol–water partition coefficient (Wildman–Crippen LogP) is 3.21. The number of hydrogen-bond donors (Lipinski definition) is 1. The third-order valence-corrected chi connectivity index (χ3v) is 4.14. The monoisotopic (exact) mass is 242 g/mol. The average molecular weight is 242 g/mol. The minimum Gasteiger partial charge on any atom is -0.317 e. The molecule has 0 atom stereocenters. The molecule has 4 heteroatoms. The molecule has 0 aliphatic carbocycles. The van der Waals surface area contributed by atoms with Gasteiger partial charge in [0.1, 0.15) is 5.03 Å². The molecule has 2 nitrogen and oxygen atoms in total. The summed E-state index contributed by atoms with van der Waals surface area (Å²) in [4.78, 5) is 4.25. The van der Waals surface area contributed by atoms with Crippen LogP contribution < -0.4 is 5.32 Å². The summed E-state index contributed by atoms with van der Waals surface area (Å²) < 4.78 is 0.